The van der Waals surface area contributed by atoms with Gasteiger partial charge in [-0.15, -0.1) is 0 Å². The first-order valence-corrected chi connectivity index (χ1v) is 6.88. The molecule has 0 bridgehead atoms. The molecule has 2 N–H and O–H groups in total. The van der Waals surface area contributed by atoms with E-state index in [0.29, 0.717) is 6.42 Å². The van der Waals surface area contributed by atoms with Gasteiger partial charge in [-0.1, -0.05) is 6.92 Å². The Kier molecular flexibility index (Phi) is 7.21. The molecule has 0 aromatic rings. The Bertz CT molecular complexity index is 215. The van der Waals surface area contributed by atoms with Crippen LogP contribution in [0.2, 0.25) is 0 Å². The molecule has 0 unspecified atom stereocenters. The summed E-state index contributed by atoms with van der Waals surface area (Å²) in [5.74, 6) is 0.966. The maximum Gasteiger partial charge on any atom is 0.220 e. The van der Waals surface area contributed by atoms with Crippen molar-refractivity contribution in [3.63, 3.8) is 0 Å². The highest BCUT2D eigenvalue weighted by Gasteiger charge is 2.14. The summed E-state index contributed by atoms with van der Waals surface area (Å²) in [6.07, 6.45) is 4.20. The second-order valence-corrected chi connectivity index (χ2v) is 4.98. The van der Waals surface area contributed by atoms with Gasteiger partial charge in [0.15, 0.2) is 0 Å². The van der Waals surface area contributed by atoms with Gasteiger partial charge in [0.05, 0.1) is 0 Å². The van der Waals surface area contributed by atoms with Crippen molar-refractivity contribution in [3.05, 3.63) is 0 Å². The Morgan fingerprint density at radius 2 is 2.12 bits per heavy atom. The molecule has 4 nitrogen and oxygen atoms in total. The summed E-state index contributed by atoms with van der Waals surface area (Å²) < 4.78 is 0. The summed E-state index contributed by atoms with van der Waals surface area (Å²) in [6, 6.07) is 0. The number of likely N-dealkylation sites (N-methyl/N-ethyl adjacent to an activating group) is 1. The van der Waals surface area contributed by atoms with Crippen LogP contribution in [0.15, 0.2) is 0 Å². The molecule has 1 aliphatic heterocycles. The van der Waals surface area contributed by atoms with Crippen molar-refractivity contribution in [1.82, 2.24) is 15.5 Å². The van der Waals surface area contributed by atoms with Crippen molar-refractivity contribution >= 4 is 5.91 Å². The van der Waals surface area contributed by atoms with Crippen LogP contribution in [0.25, 0.3) is 0 Å². The number of piperidine rings is 1. The van der Waals surface area contributed by atoms with E-state index < -0.39 is 0 Å². The predicted molar refractivity (Wildman–Crippen MR) is 71.0 cm³/mol. The van der Waals surface area contributed by atoms with E-state index in [0.717, 1.165) is 45.1 Å². The van der Waals surface area contributed by atoms with Gasteiger partial charge in [0, 0.05) is 19.5 Å². The molecule has 17 heavy (non-hydrogen) atoms. The number of hydrogen-bond acceptors (Lipinski definition) is 3. The van der Waals surface area contributed by atoms with E-state index in [1.54, 1.807) is 0 Å². The average Bonchev–Trinajstić information content (AvgIpc) is 2.37. The first kappa shape index (κ1) is 14.5. The molecule has 1 heterocycles. The number of carbonyl (C=O) groups is 1. The van der Waals surface area contributed by atoms with Gasteiger partial charge in [0.2, 0.25) is 5.91 Å². The van der Waals surface area contributed by atoms with E-state index in [-0.39, 0.29) is 5.91 Å². The second kappa shape index (κ2) is 8.48. The van der Waals surface area contributed by atoms with Gasteiger partial charge in [-0.3, -0.25) is 4.79 Å². The van der Waals surface area contributed by atoms with E-state index in [1.165, 1.54) is 12.8 Å². The lowest BCUT2D eigenvalue weighted by Crippen LogP contribution is -2.33. The molecule has 0 radical (unpaired) electrons. The van der Waals surface area contributed by atoms with E-state index in [1.807, 2.05) is 0 Å². The summed E-state index contributed by atoms with van der Waals surface area (Å²) in [5, 5.41) is 6.34. The molecule has 0 aromatic heterocycles. The molecule has 0 saturated carbocycles. The van der Waals surface area contributed by atoms with Gasteiger partial charge in [-0.25, -0.2) is 0 Å². The number of nitrogens with one attached hydrogen (secondary N) is 2. The molecule has 4 heteroatoms. The maximum absolute atomic E-state index is 11.6. The lowest BCUT2D eigenvalue weighted by atomic mass is 9.93. The summed E-state index contributed by atoms with van der Waals surface area (Å²) in [4.78, 5) is 13.8. The Morgan fingerprint density at radius 3 is 2.76 bits per heavy atom. The van der Waals surface area contributed by atoms with Crippen LogP contribution in [-0.2, 0) is 4.79 Å². The van der Waals surface area contributed by atoms with Gasteiger partial charge in [0.1, 0.15) is 0 Å². The first-order valence-electron chi connectivity index (χ1n) is 6.88. The number of amides is 1. The molecule has 0 aliphatic carbocycles. The van der Waals surface area contributed by atoms with Crippen LogP contribution in [0.5, 0.6) is 0 Å². The van der Waals surface area contributed by atoms with Crippen LogP contribution >= 0.6 is 0 Å². The SMILES string of the molecule is CCN(C)CCNC(=O)CCC1CCNCC1. The van der Waals surface area contributed by atoms with Crippen LogP contribution in [0.3, 0.4) is 0 Å². The Labute approximate surface area is 105 Å². The third-order valence-electron chi connectivity index (χ3n) is 3.59. The van der Waals surface area contributed by atoms with Crippen LogP contribution in [-0.4, -0.2) is 50.6 Å². The van der Waals surface area contributed by atoms with Crippen molar-refractivity contribution in [2.45, 2.75) is 32.6 Å². The van der Waals surface area contributed by atoms with E-state index in [9.17, 15) is 4.79 Å². The van der Waals surface area contributed by atoms with Gasteiger partial charge in [-0.2, -0.15) is 0 Å². The summed E-state index contributed by atoms with van der Waals surface area (Å²) in [6.45, 7) is 7.11. The maximum atomic E-state index is 11.6. The van der Waals surface area contributed by atoms with E-state index >= 15 is 0 Å². The zero-order valence-corrected chi connectivity index (χ0v) is 11.3. The first-order chi connectivity index (χ1) is 8.22. The molecule has 1 fully saturated rings. The van der Waals surface area contributed by atoms with Crippen LogP contribution < -0.4 is 10.6 Å². The monoisotopic (exact) mass is 241 g/mol. The largest absolute Gasteiger partial charge is 0.355 e. The fraction of sp³-hybridized carbons (Fsp3) is 0.923. The normalized spacial score (nSPS) is 17.4. The average molecular weight is 241 g/mol. The highest BCUT2D eigenvalue weighted by Crippen LogP contribution is 2.17. The van der Waals surface area contributed by atoms with Crippen molar-refractivity contribution in [3.8, 4) is 0 Å². The molecule has 1 aliphatic rings. The predicted octanol–water partition coefficient (Wildman–Crippen LogP) is 0.834. The van der Waals surface area contributed by atoms with Gasteiger partial charge in [0.25, 0.3) is 0 Å². The highest BCUT2D eigenvalue weighted by molar-refractivity contribution is 5.75. The second-order valence-electron chi connectivity index (χ2n) is 4.98. The minimum absolute atomic E-state index is 0.216. The quantitative estimate of drug-likeness (QED) is 0.694. The van der Waals surface area contributed by atoms with Crippen LogP contribution in [0.4, 0.5) is 0 Å². The Balaban J connectivity index is 2.00. The minimum Gasteiger partial charge on any atom is -0.355 e. The third kappa shape index (κ3) is 6.64. The van der Waals surface area contributed by atoms with Crippen molar-refractivity contribution in [2.24, 2.45) is 5.92 Å². The summed E-state index contributed by atoms with van der Waals surface area (Å²) in [5.41, 5.74) is 0. The van der Waals surface area contributed by atoms with Gasteiger partial charge < -0.3 is 15.5 Å². The van der Waals surface area contributed by atoms with Crippen molar-refractivity contribution < 1.29 is 4.79 Å². The standard InChI is InChI=1S/C13H27N3O/c1-3-16(2)11-10-15-13(17)5-4-12-6-8-14-9-7-12/h12,14H,3-11H2,1-2H3,(H,15,17). The number of nitrogens with zero attached hydrogens (tertiary/aromatic N) is 1. The zero-order valence-electron chi connectivity index (χ0n) is 11.3. The van der Waals surface area contributed by atoms with Gasteiger partial charge >= 0.3 is 0 Å². The zero-order chi connectivity index (χ0) is 12.5. The molecule has 0 spiro atoms. The van der Waals surface area contributed by atoms with E-state index in [4.69, 9.17) is 0 Å². The van der Waals surface area contributed by atoms with Crippen LogP contribution in [0, 0.1) is 5.92 Å². The molecular formula is C13H27N3O. The van der Waals surface area contributed by atoms with Crippen molar-refractivity contribution in [1.29, 1.82) is 0 Å². The van der Waals surface area contributed by atoms with E-state index in [2.05, 4.69) is 29.5 Å². The molecule has 0 atom stereocenters. The molecule has 1 rings (SSSR count). The topological polar surface area (TPSA) is 44.4 Å². The number of carbonyl (C=O) groups excluding carboxylic acids is 1. The highest BCUT2D eigenvalue weighted by atomic mass is 16.1. The summed E-state index contributed by atoms with van der Waals surface area (Å²) >= 11 is 0. The van der Waals surface area contributed by atoms with Crippen molar-refractivity contribution in [2.75, 3.05) is 39.8 Å². The smallest absolute Gasteiger partial charge is 0.220 e. The number of rotatable bonds is 7. The fourth-order valence-corrected chi connectivity index (χ4v) is 2.14. The molecule has 1 saturated heterocycles. The molecular weight excluding hydrogens is 214 g/mol. The lowest BCUT2D eigenvalue weighted by molar-refractivity contribution is -0.121. The Morgan fingerprint density at radius 1 is 1.41 bits per heavy atom. The molecule has 0 aromatic carbocycles. The minimum atomic E-state index is 0.216. The Hall–Kier alpha value is -0.610. The summed E-state index contributed by atoms with van der Waals surface area (Å²) in [7, 11) is 2.07. The molecule has 1 amide bonds. The van der Waals surface area contributed by atoms with Gasteiger partial charge in [-0.05, 0) is 51.9 Å². The van der Waals surface area contributed by atoms with Crippen LogP contribution in [0.1, 0.15) is 32.6 Å². The lowest BCUT2D eigenvalue weighted by Gasteiger charge is -2.22. The third-order valence-corrected chi connectivity index (χ3v) is 3.59. The fourth-order valence-electron chi connectivity index (χ4n) is 2.14. The molecule has 100 valence electrons. The number of hydrogen-bond donors (Lipinski definition) is 2.